The summed E-state index contributed by atoms with van der Waals surface area (Å²) in [6, 6.07) is 16.1. The first-order valence-electron chi connectivity index (χ1n) is 9.40. The van der Waals surface area contributed by atoms with Crippen LogP contribution in [-0.4, -0.2) is 20.5 Å². The van der Waals surface area contributed by atoms with Gasteiger partial charge in [-0.3, -0.25) is 9.52 Å². The third-order valence-corrected chi connectivity index (χ3v) is 5.96. The molecule has 3 rings (SSSR count). The molecule has 0 radical (unpaired) electrons. The average molecular weight is 496 g/mol. The standard InChI is InChI=1S/C22H17ClF3N3O3S/c23-18-6-3-4-15(12-18)13-21(30)28-27-14-16-5-1-2-7-20(16)29-33(31,32)19-10-8-17(9-11-19)22(24,25)26/h1-12,14,29H,13H2,(H,28,30)/b27-14-. The van der Waals surface area contributed by atoms with E-state index in [1.165, 1.54) is 12.3 Å². The molecule has 172 valence electrons. The third kappa shape index (κ3) is 6.80. The Kier molecular flexibility index (Phi) is 7.39. The van der Waals surface area contributed by atoms with Gasteiger partial charge in [-0.2, -0.15) is 18.3 Å². The number of amides is 1. The van der Waals surface area contributed by atoms with Crippen LogP contribution in [0, 0.1) is 0 Å². The lowest BCUT2D eigenvalue weighted by Gasteiger charge is -2.12. The van der Waals surface area contributed by atoms with Gasteiger partial charge in [0.2, 0.25) is 5.91 Å². The van der Waals surface area contributed by atoms with Gasteiger partial charge in [-0.15, -0.1) is 0 Å². The summed E-state index contributed by atoms with van der Waals surface area (Å²) in [5.41, 5.74) is 2.54. The van der Waals surface area contributed by atoms with Crippen molar-refractivity contribution >= 4 is 39.4 Å². The highest BCUT2D eigenvalue weighted by Crippen LogP contribution is 2.30. The molecule has 3 aromatic carbocycles. The highest BCUT2D eigenvalue weighted by Gasteiger charge is 2.30. The van der Waals surface area contributed by atoms with Crippen LogP contribution < -0.4 is 10.1 Å². The molecule has 0 aliphatic carbocycles. The number of para-hydroxylation sites is 1. The number of anilines is 1. The zero-order chi connectivity index (χ0) is 24.1. The molecule has 0 fully saturated rings. The maximum atomic E-state index is 12.7. The van der Waals surface area contributed by atoms with Crippen molar-refractivity contribution < 1.29 is 26.4 Å². The lowest BCUT2D eigenvalue weighted by molar-refractivity contribution is -0.137. The molecule has 33 heavy (non-hydrogen) atoms. The second-order valence-corrected chi connectivity index (χ2v) is 8.93. The first-order valence-corrected chi connectivity index (χ1v) is 11.3. The van der Waals surface area contributed by atoms with Crippen LogP contribution in [-0.2, 0) is 27.4 Å². The molecule has 0 atom stereocenters. The van der Waals surface area contributed by atoms with E-state index in [1.807, 2.05) is 0 Å². The molecule has 2 N–H and O–H groups in total. The van der Waals surface area contributed by atoms with Crippen LogP contribution in [0.2, 0.25) is 5.02 Å². The fraction of sp³-hybridized carbons (Fsp3) is 0.0909. The Morgan fingerprint density at radius 1 is 1.00 bits per heavy atom. The Hall–Kier alpha value is -3.37. The predicted molar refractivity (Wildman–Crippen MR) is 120 cm³/mol. The molecule has 0 heterocycles. The monoisotopic (exact) mass is 495 g/mol. The number of benzene rings is 3. The molecule has 0 aliphatic rings. The van der Waals surface area contributed by atoms with Gasteiger partial charge in [0.15, 0.2) is 0 Å². The number of sulfonamides is 1. The number of nitrogens with zero attached hydrogens (tertiary/aromatic N) is 1. The van der Waals surface area contributed by atoms with Crippen molar-refractivity contribution in [2.24, 2.45) is 5.10 Å². The van der Waals surface area contributed by atoms with E-state index in [-0.39, 0.29) is 17.0 Å². The minimum absolute atomic E-state index is 0.0418. The van der Waals surface area contributed by atoms with Crippen LogP contribution in [0.4, 0.5) is 18.9 Å². The van der Waals surface area contributed by atoms with Crippen LogP contribution >= 0.6 is 11.6 Å². The van der Waals surface area contributed by atoms with Gasteiger partial charge < -0.3 is 0 Å². The van der Waals surface area contributed by atoms with Gasteiger partial charge in [0.25, 0.3) is 10.0 Å². The molecule has 0 aromatic heterocycles. The maximum absolute atomic E-state index is 12.7. The van der Waals surface area contributed by atoms with Crippen molar-refractivity contribution in [3.63, 3.8) is 0 Å². The van der Waals surface area contributed by atoms with E-state index >= 15 is 0 Å². The quantitative estimate of drug-likeness (QED) is 0.363. The van der Waals surface area contributed by atoms with E-state index in [9.17, 15) is 26.4 Å². The summed E-state index contributed by atoms with van der Waals surface area (Å²) in [5.74, 6) is -0.406. The summed E-state index contributed by atoms with van der Waals surface area (Å²) in [6.07, 6.45) is -3.28. The Morgan fingerprint density at radius 3 is 2.36 bits per heavy atom. The van der Waals surface area contributed by atoms with E-state index in [4.69, 9.17) is 11.6 Å². The van der Waals surface area contributed by atoms with Crippen molar-refractivity contribution in [3.8, 4) is 0 Å². The molecule has 3 aromatic rings. The smallest absolute Gasteiger partial charge is 0.279 e. The number of carbonyl (C=O) groups is 1. The van der Waals surface area contributed by atoms with Gasteiger partial charge in [-0.05, 0) is 48.0 Å². The molecular formula is C22H17ClF3N3O3S. The number of nitrogens with one attached hydrogen (secondary N) is 2. The van der Waals surface area contributed by atoms with Crippen molar-refractivity contribution in [1.82, 2.24) is 5.43 Å². The number of alkyl halides is 3. The van der Waals surface area contributed by atoms with Crippen LogP contribution in [0.25, 0.3) is 0 Å². The topological polar surface area (TPSA) is 87.6 Å². The van der Waals surface area contributed by atoms with Gasteiger partial charge in [0.05, 0.1) is 28.8 Å². The SMILES string of the molecule is O=C(Cc1cccc(Cl)c1)N/N=C\c1ccccc1NS(=O)(=O)c1ccc(C(F)(F)F)cc1. The molecule has 0 bridgehead atoms. The molecule has 6 nitrogen and oxygen atoms in total. The molecular weight excluding hydrogens is 479 g/mol. The summed E-state index contributed by atoms with van der Waals surface area (Å²) in [5, 5.41) is 4.34. The number of halogens is 4. The van der Waals surface area contributed by atoms with Crippen molar-refractivity contribution in [2.45, 2.75) is 17.5 Å². The van der Waals surface area contributed by atoms with Crippen molar-refractivity contribution in [2.75, 3.05) is 4.72 Å². The lowest BCUT2D eigenvalue weighted by atomic mass is 10.1. The van der Waals surface area contributed by atoms with Crippen LogP contribution in [0.1, 0.15) is 16.7 Å². The number of rotatable bonds is 7. The second-order valence-electron chi connectivity index (χ2n) is 6.81. The van der Waals surface area contributed by atoms with E-state index in [1.54, 1.807) is 42.5 Å². The van der Waals surface area contributed by atoms with E-state index in [0.717, 1.165) is 12.1 Å². The molecule has 0 saturated carbocycles. The van der Waals surface area contributed by atoms with E-state index in [0.29, 0.717) is 28.3 Å². The summed E-state index contributed by atoms with van der Waals surface area (Å²) in [6.45, 7) is 0. The van der Waals surface area contributed by atoms with Gasteiger partial charge in [0, 0.05) is 10.6 Å². The largest absolute Gasteiger partial charge is 0.416 e. The molecule has 1 amide bonds. The van der Waals surface area contributed by atoms with Gasteiger partial charge >= 0.3 is 6.18 Å². The Labute approximate surface area is 193 Å². The minimum Gasteiger partial charge on any atom is -0.279 e. The highest BCUT2D eigenvalue weighted by molar-refractivity contribution is 7.92. The zero-order valence-corrected chi connectivity index (χ0v) is 18.4. The third-order valence-electron chi connectivity index (χ3n) is 4.34. The van der Waals surface area contributed by atoms with E-state index in [2.05, 4.69) is 15.2 Å². The lowest BCUT2D eigenvalue weighted by Crippen LogP contribution is -2.20. The normalized spacial score (nSPS) is 12.0. The second kappa shape index (κ2) is 10.1. The molecule has 0 unspecified atom stereocenters. The molecule has 0 aliphatic heterocycles. The first-order chi connectivity index (χ1) is 15.5. The number of hydrazone groups is 1. The fourth-order valence-corrected chi connectivity index (χ4v) is 4.08. The summed E-state index contributed by atoms with van der Waals surface area (Å²) < 4.78 is 65.7. The summed E-state index contributed by atoms with van der Waals surface area (Å²) in [7, 11) is -4.16. The molecule has 0 saturated heterocycles. The van der Waals surface area contributed by atoms with Gasteiger partial charge in [0.1, 0.15) is 0 Å². The number of hydrogen-bond donors (Lipinski definition) is 2. The molecule has 0 spiro atoms. The maximum Gasteiger partial charge on any atom is 0.416 e. The zero-order valence-electron chi connectivity index (χ0n) is 16.8. The van der Waals surface area contributed by atoms with Crippen LogP contribution in [0.3, 0.4) is 0 Å². The Bertz CT molecular complexity index is 1280. The fourth-order valence-electron chi connectivity index (χ4n) is 2.77. The van der Waals surface area contributed by atoms with Gasteiger partial charge in [-0.1, -0.05) is 41.9 Å². The van der Waals surface area contributed by atoms with Crippen LogP contribution in [0.15, 0.2) is 82.8 Å². The summed E-state index contributed by atoms with van der Waals surface area (Å²) in [4.78, 5) is 11.7. The Morgan fingerprint density at radius 2 is 1.70 bits per heavy atom. The highest BCUT2D eigenvalue weighted by atomic mass is 35.5. The average Bonchev–Trinajstić information content (AvgIpc) is 2.74. The first kappa shape index (κ1) is 24.3. The Balaban J connectivity index is 1.70. The number of carbonyl (C=O) groups excluding carboxylic acids is 1. The van der Waals surface area contributed by atoms with E-state index < -0.39 is 27.7 Å². The minimum atomic E-state index is -4.57. The van der Waals surface area contributed by atoms with Gasteiger partial charge in [-0.25, -0.2) is 13.8 Å². The van der Waals surface area contributed by atoms with Crippen molar-refractivity contribution in [3.05, 3.63) is 94.5 Å². The van der Waals surface area contributed by atoms with Crippen molar-refractivity contribution in [1.29, 1.82) is 0 Å². The molecule has 11 heteroatoms. The predicted octanol–water partition coefficient (Wildman–Crippen LogP) is 4.85. The van der Waals surface area contributed by atoms with Crippen LogP contribution in [0.5, 0.6) is 0 Å². The number of hydrogen-bond acceptors (Lipinski definition) is 4. The summed E-state index contributed by atoms with van der Waals surface area (Å²) >= 11 is 5.89.